The predicted molar refractivity (Wildman–Crippen MR) is 538 cm³/mol. The van der Waals surface area contributed by atoms with E-state index in [0.717, 1.165) is 129 Å². The number of carbonyl (C=O) groups excluding carboxylic acids is 3. The highest BCUT2D eigenvalue weighted by Gasteiger charge is 2.41. The lowest BCUT2D eigenvalue weighted by Gasteiger charge is -2.41. The van der Waals surface area contributed by atoms with Crippen molar-refractivity contribution in [1.29, 1.82) is 0 Å². The molecule has 30 nitrogen and oxygen atoms in total. The molecule has 714 valence electrons. The van der Waals surface area contributed by atoms with Crippen molar-refractivity contribution in [3.8, 4) is 18.0 Å². The van der Waals surface area contributed by atoms with E-state index in [-0.39, 0.29) is 62.1 Å². The quantitative estimate of drug-likeness (QED) is 0.0391. The molecule has 0 aliphatic carbocycles. The van der Waals surface area contributed by atoms with Gasteiger partial charge in [0.25, 0.3) is 0 Å². The average molecular weight is 1850 g/mol. The van der Waals surface area contributed by atoms with Crippen molar-refractivity contribution < 1.29 is 38.4 Å². The van der Waals surface area contributed by atoms with Crippen LogP contribution in [0.4, 0.5) is 34.5 Å². The number of hydrogen-bond acceptors (Lipinski definition) is 23. The molecule has 6 aromatic carbocycles. The number of amides is 3. The van der Waals surface area contributed by atoms with Crippen molar-refractivity contribution in [1.82, 2.24) is 63.9 Å². The summed E-state index contributed by atoms with van der Waals surface area (Å²) in [6.07, 6.45) is 22.8. The Morgan fingerprint density at radius 2 is 0.730 bits per heavy atom. The molecule has 0 bridgehead atoms. The molecular weight excluding hydrogens is 1720 g/mol. The maximum atomic E-state index is 13.3. The minimum atomic E-state index is -0.280. The van der Waals surface area contributed by atoms with Gasteiger partial charge in [0.15, 0.2) is 0 Å². The summed E-state index contributed by atoms with van der Waals surface area (Å²) in [6, 6.07) is 44.4. The van der Waals surface area contributed by atoms with E-state index in [1.165, 1.54) is 97.5 Å². The Labute approximate surface area is 804 Å². The molecule has 137 heavy (non-hydrogen) atoms. The van der Waals surface area contributed by atoms with E-state index in [1.54, 1.807) is 30.2 Å². The lowest BCUT2D eigenvalue weighted by molar-refractivity contribution is -0.129. The zero-order valence-electron chi connectivity index (χ0n) is 80.2. The first-order chi connectivity index (χ1) is 66.9. The van der Waals surface area contributed by atoms with Crippen LogP contribution in [0.1, 0.15) is 89.0 Å². The minimum Gasteiger partial charge on any atom is -0.462 e. The molecule has 0 unspecified atom stereocenters. The molecule has 13 heterocycles. The molecule has 9 aliphatic heterocycles. The van der Waals surface area contributed by atoms with Gasteiger partial charge in [-0.1, -0.05) is 109 Å². The summed E-state index contributed by atoms with van der Waals surface area (Å²) in [4.78, 5) is 107. The number of allylic oxidation sites excluding steroid dienone is 1. The second kappa shape index (κ2) is 44.7. The van der Waals surface area contributed by atoms with E-state index in [4.69, 9.17) is 73.7 Å². The summed E-state index contributed by atoms with van der Waals surface area (Å²) >= 11 is 0. The molecule has 10 aromatic rings. The van der Waals surface area contributed by atoms with Crippen LogP contribution in [0.25, 0.3) is 46.9 Å². The summed E-state index contributed by atoms with van der Waals surface area (Å²) in [5, 5.41) is 16.7. The molecule has 0 radical (unpaired) electrons. The van der Waals surface area contributed by atoms with Crippen molar-refractivity contribution in [3.63, 3.8) is 0 Å². The number of ether oxygens (including phenoxy) is 4. The van der Waals surface area contributed by atoms with Crippen LogP contribution in [-0.4, -0.2) is 302 Å². The van der Waals surface area contributed by atoms with Crippen LogP contribution in [-0.2, 0) is 64.6 Å². The Morgan fingerprint density at radius 1 is 0.401 bits per heavy atom. The number of benzene rings is 6. The normalized spacial score (nSPS) is 20.4. The van der Waals surface area contributed by atoms with Crippen LogP contribution < -0.4 is 43.6 Å². The number of aliphatic hydroxyl groups is 1. The first-order valence-electron chi connectivity index (χ1n) is 48.7. The van der Waals surface area contributed by atoms with Gasteiger partial charge in [0.2, 0.25) is 37.4 Å². The number of likely N-dealkylation sites (N-methyl/N-ethyl adjacent to an activating group) is 3. The molecule has 3 amide bonds. The van der Waals surface area contributed by atoms with E-state index in [1.807, 2.05) is 45.0 Å². The Morgan fingerprint density at radius 3 is 1.04 bits per heavy atom. The second-order valence-electron chi connectivity index (χ2n) is 37.5. The van der Waals surface area contributed by atoms with Crippen LogP contribution in [0, 0.1) is 40.5 Å². The standard InChI is InChI=1S/C38H44N8O2.C35H43N7O3.C34H41N7O3/c1-28-10-6-11-29-12-7-14-34(36(28)29)44-21-16-32-33(26-44)40-38(48-27-30-13-8-17-42(30)3)41-37(32)45-22-23-46(31(25-45)24-39-2)35(47)15-9-20-43-18-4-5-19-43;1-25-9-5-10-26-11-6-13-31(33(25)26)40-17-15-29-30(23-40)37-35(45-24-27-12-7-16-39(27)3)38-34(29)41-18-19-42(28(22-41)21-36-2)32(43)14-8-20-44-4;1-24-8-4-9-25-10-5-12-30(32(24)25)39-16-14-28-29(22-39)36-34(44-23-26-11-6-15-38(26)3)37-33(28)40-17-18-41(27(21-40)20-35-2)31(43)13-7-19-42/h4-7,9-12,14-15,18-19,30-31H,8,13,16-17,20-27H2,1,3H3;5-6,8-11,13-14,27-28H,7,12,15-24H2,1,3-4H3;4-5,7-10,12-13,26-27,42H,6,11,14-23H2,1,3H3/b15-9+;14-8+;13-7+/t30-,31-;27-,28-;26-,27-/m000/s1. The number of aliphatic hydroxyl groups excluding tert-OH is 1. The molecule has 30 heteroatoms. The van der Waals surface area contributed by atoms with Crippen molar-refractivity contribution in [3.05, 3.63) is 255 Å². The van der Waals surface area contributed by atoms with Gasteiger partial charge in [-0.05, 0) is 183 Å². The van der Waals surface area contributed by atoms with Crippen LogP contribution in [0.2, 0.25) is 0 Å². The number of rotatable bonds is 26. The number of aryl methyl sites for hydroxylation is 3. The molecule has 6 atom stereocenters. The van der Waals surface area contributed by atoms with Gasteiger partial charge in [0.05, 0.1) is 49.9 Å². The Balaban J connectivity index is 0.000000143. The summed E-state index contributed by atoms with van der Waals surface area (Å²) in [5.41, 5.74) is 13.8. The van der Waals surface area contributed by atoms with Crippen molar-refractivity contribution in [2.75, 3.05) is 208 Å². The van der Waals surface area contributed by atoms with Gasteiger partial charge in [-0.25, -0.2) is 19.7 Å². The summed E-state index contributed by atoms with van der Waals surface area (Å²) < 4.78 is 26.1. The smallest absolute Gasteiger partial charge is 0.318 e. The van der Waals surface area contributed by atoms with E-state index < -0.39 is 0 Å². The molecule has 4 aromatic heterocycles. The van der Waals surface area contributed by atoms with E-state index >= 15 is 0 Å². The van der Waals surface area contributed by atoms with Crippen LogP contribution >= 0.6 is 0 Å². The topological polar surface area (TPSA) is 243 Å². The fraction of sp³-hybridized carbons (Fsp3) is 0.458. The molecule has 19 rings (SSSR count). The number of aromatic nitrogens is 7. The third-order valence-corrected chi connectivity index (χ3v) is 28.8. The number of piperazine rings is 3. The van der Waals surface area contributed by atoms with Crippen molar-refractivity contribution >= 4 is 84.6 Å². The lowest BCUT2D eigenvalue weighted by Crippen LogP contribution is -2.56. The zero-order valence-corrected chi connectivity index (χ0v) is 80.2. The number of fused-ring (bicyclic) bond motifs is 6. The van der Waals surface area contributed by atoms with Crippen molar-refractivity contribution in [2.24, 2.45) is 0 Å². The summed E-state index contributed by atoms with van der Waals surface area (Å²) in [6.45, 7) is 45.1. The van der Waals surface area contributed by atoms with Crippen LogP contribution in [0.5, 0.6) is 18.0 Å². The monoisotopic (exact) mass is 1850 g/mol. The second-order valence-corrected chi connectivity index (χ2v) is 37.5. The van der Waals surface area contributed by atoms with E-state index in [0.29, 0.717) is 148 Å². The number of methoxy groups -OCH3 is 1. The molecule has 0 spiro atoms. The predicted octanol–water partition coefficient (Wildman–Crippen LogP) is 12.5. The van der Waals surface area contributed by atoms with Gasteiger partial charge in [0.1, 0.15) is 55.4 Å². The van der Waals surface area contributed by atoms with Gasteiger partial charge < -0.3 is 102 Å². The van der Waals surface area contributed by atoms with Gasteiger partial charge in [-0.3, -0.25) is 14.4 Å². The van der Waals surface area contributed by atoms with Gasteiger partial charge in [0, 0.05) is 191 Å². The van der Waals surface area contributed by atoms with Gasteiger partial charge >= 0.3 is 18.0 Å². The van der Waals surface area contributed by atoms with Gasteiger partial charge in [-0.15, -0.1) is 0 Å². The fourth-order valence-corrected chi connectivity index (χ4v) is 21.4. The molecule has 1 N–H and O–H groups in total. The van der Waals surface area contributed by atoms with Crippen LogP contribution in [0.3, 0.4) is 0 Å². The molecular formula is C107H128N22O8. The first kappa shape index (κ1) is 95.4. The number of anilines is 6. The number of hydrogen-bond donors (Lipinski definition) is 1. The fourth-order valence-electron chi connectivity index (χ4n) is 21.4. The Hall–Kier alpha value is -13.3. The average Bonchev–Trinajstić information content (AvgIpc) is 1.07. The highest BCUT2D eigenvalue weighted by atomic mass is 16.5. The third-order valence-electron chi connectivity index (χ3n) is 28.8. The SMILES string of the molecule is [C-]#[N+]C[C@H]1CN(c2nc(OC[C@@H]3CCCN3C)nc3c2CCN(c2cccc4cccc(C)c24)C3)CCN1C(=O)/C=C/CO.[C-]#[N+]C[C@H]1CN(c2nc(OC[C@@H]3CCCN3C)nc3c2CCN(c2cccc4cccc(C)c24)C3)CCN1C(=O)/C=C/COC.[C-]#[N+]C[C@H]1CN(c2nc(OC[C@@H]3CCCN3C)nc3c2CCN(c2cccc4cccc(C)c24)C3)CCN1C(=O)/C=C/Cn1cccc1. The maximum Gasteiger partial charge on any atom is 0.318 e. The zero-order chi connectivity index (χ0) is 95.0. The molecule has 6 fully saturated rings. The van der Waals surface area contributed by atoms with Gasteiger partial charge in [-0.2, -0.15) is 29.9 Å². The summed E-state index contributed by atoms with van der Waals surface area (Å²) in [5.74, 6) is 2.30. The maximum absolute atomic E-state index is 13.3. The minimum absolute atomic E-state index is 0.0501. The highest BCUT2D eigenvalue weighted by molar-refractivity contribution is 5.99. The number of carbonyl (C=O) groups is 3. The molecule has 0 saturated carbocycles. The van der Waals surface area contributed by atoms with E-state index in [2.05, 4.69) is 210 Å². The molecule has 6 saturated heterocycles. The van der Waals surface area contributed by atoms with Crippen LogP contribution in [0.15, 0.2) is 170 Å². The van der Waals surface area contributed by atoms with Crippen molar-refractivity contribution in [2.45, 2.75) is 141 Å². The van der Waals surface area contributed by atoms with E-state index in [9.17, 15) is 14.4 Å². The molecule has 9 aliphatic rings. The lowest BCUT2D eigenvalue weighted by atomic mass is 9.99. The Bertz CT molecular complexity index is 6170. The largest absolute Gasteiger partial charge is 0.462 e. The first-order valence-corrected chi connectivity index (χ1v) is 48.7. The summed E-state index contributed by atoms with van der Waals surface area (Å²) in [7, 11) is 8.04. The highest BCUT2D eigenvalue weighted by Crippen LogP contribution is 2.42. The number of likely N-dealkylation sites (tertiary alicyclic amines) is 3. The third kappa shape index (κ3) is 22.1. The Kier molecular flexibility index (Phi) is 31.1. The number of nitrogens with zero attached hydrogens (tertiary/aromatic N) is 22.